The number of benzene rings is 4. The van der Waals surface area contributed by atoms with Crippen molar-refractivity contribution >= 4 is 82.1 Å². The summed E-state index contributed by atoms with van der Waals surface area (Å²) in [6.07, 6.45) is 0. The zero-order valence-electron chi connectivity index (χ0n) is 12.7. The van der Waals surface area contributed by atoms with Crippen LogP contribution in [0.5, 0.6) is 11.5 Å². The molecule has 0 spiro atoms. The molecule has 4 aromatic rings. The third-order valence-corrected chi connectivity index (χ3v) is 6.12. The van der Waals surface area contributed by atoms with Gasteiger partial charge in [0.1, 0.15) is 21.3 Å². The molecule has 0 atom stereocenters. The predicted molar refractivity (Wildman–Crippen MR) is 100 cm³/mol. The van der Waals surface area contributed by atoms with Gasteiger partial charge in [0.05, 0.1) is 0 Å². The first-order valence-electron chi connectivity index (χ1n) is 7.11. The van der Waals surface area contributed by atoms with Crippen LogP contribution in [0.3, 0.4) is 0 Å². The Balaban J connectivity index is 0.00000210. The Hall–Kier alpha value is -1.66. The maximum absolute atomic E-state index is 11.8. The molecule has 4 rings (SSSR count). The Morgan fingerprint density at radius 2 is 0.926 bits per heavy atom. The molecule has 8 nitrogen and oxygen atoms in total. The SMILES string of the molecule is O=S(=O)(O)c1cc(S(=O)(=O)O)c2ccc3c(O)cc(O)c4ccc1c2c43.[NaH]. The monoisotopic (exact) mass is 418 g/mol. The number of rotatable bonds is 2. The summed E-state index contributed by atoms with van der Waals surface area (Å²) >= 11 is 0. The third kappa shape index (κ3) is 2.93. The molecule has 0 heterocycles. The van der Waals surface area contributed by atoms with Crippen molar-refractivity contribution in [2.75, 3.05) is 0 Å². The second-order valence-corrected chi connectivity index (χ2v) is 8.59. The van der Waals surface area contributed by atoms with Crippen LogP contribution in [0.25, 0.3) is 32.3 Å². The Bertz CT molecular complexity index is 1340. The Morgan fingerprint density at radius 1 is 0.593 bits per heavy atom. The standard InChI is InChI=1S/C16H10O8S2.Na.H/c17-11-5-12(18)8-2-4-10-14(26(22,23)24)6-13(25(19,20)21)9-3-1-7(11)15(8)16(9)10;;/h1-6,17-18H,(H,19,20,21)(H,22,23,24);;. The first-order valence-corrected chi connectivity index (χ1v) is 9.99. The molecular weight excluding hydrogens is 407 g/mol. The van der Waals surface area contributed by atoms with Crippen molar-refractivity contribution in [2.24, 2.45) is 0 Å². The zero-order chi connectivity index (χ0) is 19.0. The zero-order valence-corrected chi connectivity index (χ0v) is 14.3. The first-order chi connectivity index (χ1) is 12.0. The summed E-state index contributed by atoms with van der Waals surface area (Å²) in [7, 11) is -9.66. The topological polar surface area (TPSA) is 149 Å². The van der Waals surface area contributed by atoms with E-state index >= 15 is 0 Å². The molecule has 0 aromatic heterocycles. The Kier molecular flexibility index (Phi) is 4.59. The van der Waals surface area contributed by atoms with Gasteiger partial charge >= 0.3 is 29.6 Å². The summed E-state index contributed by atoms with van der Waals surface area (Å²) in [4.78, 5) is -1.43. The summed E-state index contributed by atoms with van der Waals surface area (Å²) in [6, 6.07) is 7.16. The molecule has 27 heavy (non-hydrogen) atoms. The fraction of sp³-hybridized carbons (Fsp3) is 0. The van der Waals surface area contributed by atoms with Gasteiger partial charge < -0.3 is 10.2 Å². The summed E-state index contributed by atoms with van der Waals surface area (Å²) in [5.41, 5.74) is 0. The quantitative estimate of drug-likeness (QED) is 0.219. The second kappa shape index (κ2) is 6.17. The molecular formula is C16H11NaO8S2. The van der Waals surface area contributed by atoms with Crippen LogP contribution in [0, 0.1) is 0 Å². The molecule has 4 aromatic carbocycles. The van der Waals surface area contributed by atoms with Crippen molar-refractivity contribution in [3.05, 3.63) is 36.4 Å². The number of hydrogen-bond acceptors (Lipinski definition) is 6. The molecule has 11 heteroatoms. The summed E-state index contributed by atoms with van der Waals surface area (Å²) in [5.74, 6) is -0.592. The molecule has 0 aliphatic carbocycles. The Morgan fingerprint density at radius 3 is 1.30 bits per heavy atom. The van der Waals surface area contributed by atoms with Gasteiger partial charge in [-0.15, -0.1) is 0 Å². The van der Waals surface area contributed by atoms with Crippen molar-refractivity contribution in [2.45, 2.75) is 9.79 Å². The van der Waals surface area contributed by atoms with Gasteiger partial charge in [-0.25, -0.2) is 0 Å². The number of phenols is 2. The maximum atomic E-state index is 11.8. The van der Waals surface area contributed by atoms with E-state index in [4.69, 9.17) is 0 Å². The molecule has 0 amide bonds. The molecule has 0 saturated heterocycles. The van der Waals surface area contributed by atoms with Gasteiger partial charge in [0.15, 0.2) is 0 Å². The van der Waals surface area contributed by atoms with Crippen LogP contribution >= 0.6 is 0 Å². The average molecular weight is 418 g/mol. The van der Waals surface area contributed by atoms with Crippen molar-refractivity contribution in [3.63, 3.8) is 0 Å². The van der Waals surface area contributed by atoms with Gasteiger partial charge in [-0.05, 0) is 18.2 Å². The minimum atomic E-state index is -4.83. The summed E-state index contributed by atoms with van der Waals surface area (Å²) < 4.78 is 66.1. The molecule has 0 saturated carbocycles. The normalized spacial score (nSPS) is 12.7. The van der Waals surface area contributed by atoms with E-state index in [9.17, 15) is 36.2 Å². The van der Waals surface area contributed by atoms with Crippen LogP contribution in [0.1, 0.15) is 0 Å². The molecule has 4 N–H and O–H groups in total. The molecule has 136 valence electrons. The average Bonchev–Trinajstić information content (AvgIpc) is 2.52. The van der Waals surface area contributed by atoms with E-state index in [0.29, 0.717) is 6.07 Å². The fourth-order valence-corrected chi connectivity index (χ4v) is 4.82. The number of aromatic hydroxyl groups is 2. The van der Waals surface area contributed by atoms with Gasteiger partial charge in [-0.2, -0.15) is 16.8 Å². The van der Waals surface area contributed by atoms with Crippen LogP contribution < -0.4 is 0 Å². The van der Waals surface area contributed by atoms with Crippen molar-refractivity contribution in [1.29, 1.82) is 0 Å². The van der Waals surface area contributed by atoms with E-state index in [1.807, 2.05) is 0 Å². The van der Waals surface area contributed by atoms with Crippen LogP contribution in [0.4, 0.5) is 0 Å². The number of phenolic OH excluding ortho intramolecular Hbond substituents is 2. The fourth-order valence-electron chi connectivity index (χ4n) is 3.32. The molecule has 0 radical (unpaired) electrons. The molecule has 0 aliphatic heterocycles. The molecule has 0 unspecified atom stereocenters. The van der Waals surface area contributed by atoms with Crippen LogP contribution in [0.15, 0.2) is 46.2 Å². The van der Waals surface area contributed by atoms with E-state index < -0.39 is 30.0 Å². The van der Waals surface area contributed by atoms with E-state index in [1.165, 1.54) is 24.3 Å². The Labute approximate surface area is 175 Å². The van der Waals surface area contributed by atoms with Crippen molar-refractivity contribution in [3.8, 4) is 11.5 Å². The van der Waals surface area contributed by atoms with Gasteiger partial charge in [-0.3, -0.25) is 9.11 Å². The predicted octanol–water partition coefficient (Wildman–Crippen LogP) is 1.84. The van der Waals surface area contributed by atoms with Crippen LogP contribution in [-0.4, -0.2) is 65.7 Å². The van der Waals surface area contributed by atoms with E-state index in [2.05, 4.69) is 0 Å². The van der Waals surface area contributed by atoms with Gasteiger partial charge in [0, 0.05) is 38.4 Å². The van der Waals surface area contributed by atoms with Gasteiger partial charge in [-0.1, -0.05) is 12.1 Å². The van der Waals surface area contributed by atoms with Crippen LogP contribution in [0.2, 0.25) is 0 Å². The number of hydrogen-bond donors (Lipinski definition) is 4. The third-order valence-electron chi connectivity index (χ3n) is 4.33. The van der Waals surface area contributed by atoms with Crippen molar-refractivity contribution < 1.29 is 36.2 Å². The van der Waals surface area contributed by atoms with E-state index in [1.54, 1.807) is 0 Å². The second-order valence-electron chi connectivity index (χ2n) is 5.81. The van der Waals surface area contributed by atoms with E-state index in [0.717, 1.165) is 6.07 Å². The van der Waals surface area contributed by atoms with Crippen molar-refractivity contribution in [1.82, 2.24) is 0 Å². The first kappa shape index (κ1) is 20.1. The molecule has 0 aliphatic rings. The van der Waals surface area contributed by atoms with Gasteiger partial charge in [0.2, 0.25) is 0 Å². The van der Waals surface area contributed by atoms with Crippen LogP contribution in [-0.2, 0) is 20.2 Å². The minimum absolute atomic E-state index is 0. The molecule has 0 bridgehead atoms. The molecule has 0 fully saturated rings. The summed E-state index contributed by atoms with van der Waals surface area (Å²) in [5, 5.41) is 20.9. The van der Waals surface area contributed by atoms with Gasteiger partial charge in [0.25, 0.3) is 20.2 Å². The van der Waals surface area contributed by atoms with E-state index in [-0.39, 0.29) is 73.4 Å². The summed E-state index contributed by atoms with van der Waals surface area (Å²) in [6.45, 7) is 0.